The van der Waals surface area contributed by atoms with Crippen molar-refractivity contribution in [2.24, 2.45) is 11.8 Å². The Hall–Kier alpha value is -1.41. The van der Waals surface area contributed by atoms with Crippen molar-refractivity contribution in [3.05, 3.63) is 42.1 Å². The molecule has 1 aliphatic carbocycles. The number of pyridine rings is 1. The molecule has 1 heterocycles. The van der Waals surface area contributed by atoms with Crippen molar-refractivity contribution in [2.45, 2.75) is 38.7 Å². The fraction of sp³-hybridized carbons (Fsp3) is 0.471. The fourth-order valence-corrected chi connectivity index (χ4v) is 3.37. The van der Waals surface area contributed by atoms with Gasteiger partial charge in [0, 0.05) is 17.1 Å². The van der Waals surface area contributed by atoms with Crippen molar-refractivity contribution >= 4 is 10.9 Å². The monoisotopic (exact) mass is 255 g/mol. The van der Waals surface area contributed by atoms with Crippen LogP contribution in [0.25, 0.3) is 10.9 Å². The van der Waals surface area contributed by atoms with E-state index in [0.29, 0.717) is 11.8 Å². The molecule has 0 spiro atoms. The Morgan fingerprint density at radius 2 is 2.05 bits per heavy atom. The van der Waals surface area contributed by atoms with Crippen LogP contribution in [0.3, 0.4) is 0 Å². The van der Waals surface area contributed by atoms with E-state index in [1.165, 1.54) is 0 Å². The van der Waals surface area contributed by atoms with Crippen molar-refractivity contribution in [3.63, 3.8) is 0 Å². The fourth-order valence-electron chi connectivity index (χ4n) is 3.37. The molecule has 0 radical (unpaired) electrons. The maximum absolute atomic E-state index is 11.0. The predicted molar refractivity (Wildman–Crippen MR) is 77.8 cm³/mol. The van der Waals surface area contributed by atoms with Crippen LogP contribution < -0.4 is 0 Å². The minimum atomic E-state index is -0.705. The molecule has 1 aliphatic rings. The Labute approximate surface area is 114 Å². The summed E-state index contributed by atoms with van der Waals surface area (Å²) >= 11 is 0. The Morgan fingerprint density at radius 3 is 2.84 bits per heavy atom. The van der Waals surface area contributed by atoms with Gasteiger partial charge in [0.05, 0.1) is 11.1 Å². The van der Waals surface area contributed by atoms with Crippen LogP contribution in [0.15, 0.2) is 36.5 Å². The normalized spacial score (nSPS) is 31.5. The third kappa shape index (κ3) is 2.14. The first-order chi connectivity index (χ1) is 9.09. The van der Waals surface area contributed by atoms with E-state index in [2.05, 4.69) is 31.0 Å². The van der Waals surface area contributed by atoms with Crippen LogP contribution in [-0.2, 0) is 5.60 Å². The van der Waals surface area contributed by atoms with Gasteiger partial charge in [0.25, 0.3) is 0 Å². The van der Waals surface area contributed by atoms with Gasteiger partial charge in [-0.25, -0.2) is 0 Å². The number of nitrogens with zero attached hydrogens (tertiary/aromatic N) is 1. The van der Waals surface area contributed by atoms with E-state index in [-0.39, 0.29) is 0 Å². The molecule has 1 fully saturated rings. The second kappa shape index (κ2) is 4.61. The Kier molecular flexibility index (Phi) is 3.06. The molecular weight excluding hydrogens is 234 g/mol. The highest BCUT2D eigenvalue weighted by Gasteiger charge is 2.40. The summed E-state index contributed by atoms with van der Waals surface area (Å²) in [6.07, 6.45) is 4.88. The first-order valence-electron chi connectivity index (χ1n) is 7.17. The molecule has 0 saturated heterocycles. The average molecular weight is 255 g/mol. The van der Waals surface area contributed by atoms with Crippen LogP contribution in [0.4, 0.5) is 0 Å². The quantitative estimate of drug-likeness (QED) is 0.839. The van der Waals surface area contributed by atoms with Crippen LogP contribution in [-0.4, -0.2) is 10.1 Å². The molecule has 2 heteroatoms. The number of aromatic nitrogens is 1. The maximum atomic E-state index is 11.0. The Morgan fingerprint density at radius 1 is 1.26 bits per heavy atom. The summed E-state index contributed by atoms with van der Waals surface area (Å²) in [5.74, 6) is 1.00. The summed E-state index contributed by atoms with van der Waals surface area (Å²) in [5, 5.41) is 12.2. The van der Waals surface area contributed by atoms with Crippen molar-refractivity contribution in [1.82, 2.24) is 4.98 Å². The van der Waals surface area contributed by atoms with Gasteiger partial charge in [-0.1, -0.05) is 32.0 Å². The minimum Gasteiger partial charge on any atom is -0.385 e. The topological polar surface area (TPSA) is 33.1 Å². The molecular formula is C17H21NO. The Balaban J connectivity index is 2.03. The molecule has 1 aromatic heterocycles. The third-order valence-electron chi connectivity index (χ3n) is 4.68. The van der Waals surface area contributed by atoms with Crippen molar-refractivity contribution in [1.29, 1.82) is 0 Å². The van der Waals surface area contributed by atoms with Crippen molar-refractivity contribution in [2.75, 3.05) is 0 Å². The second-order valence-electron chi connectivity index (χ2n) is 6.12. The molecule has 3 atom stereocenters. The summed E-state index contributed by atoms with van der Waals surface area (Å²) < 4.78 is 0. The lowest BCUT2D eigenvalue weighted by Crippen LogP contribution is -2.38. The van der Waals surface area contributed by atoms with E-state index in [0.717, 1.165) is 35.7 Å². The van der Waals surface area contributed by atoms with E-state index >= 15 is 0 Å². The zero-order valence-electron chi connectivity index (χ0n) is 11.6. The largest absolute Gasteiger partial charge is 0.385 e. The van der Waals surface area contributed by atoms with Gasteiger partial charge in [-0.2, -0.15) is 0 Å². The highest BCUT2D eigenvalue weighted by Crippen LogP contribution is 2.43. The molecule has 0 bridgehead atoms. The van der Waals surface area contributed by atoms with Crippen LogP contribution >= 0.6 is 0 Å². The van der Waals surface area contributed by atoms with Gasteiger partial charge in [-0.3, -0.25) is 4.98 Å². The smallest absolute Gasteiger partial charge is 0.0937 e. The molecule has 19 heavy (non-hydrogen) atoms. The highest BCUT2D eigenvalue weighted by atomic mass is 16.3. The predicted octanol–water partition coefficient (Wildman–Crippen LogP) is 3.88. The van der Waals surface area contributed by atoms with Gasteiger partial charge < -0.3 is 5.11 Å². The summed E-state index contributed by atoms with van der Waals surface area (Å²) in [6.45, 7) is 4.43. The lowest BCUT2D eigenvalue weighted by Gasteiger charge is -2.41. The number of hydrogen-bond donors (Lipinski definition) is 1. The maximum Gasteiger partial charge on any atom is 0.0937 e. The summed E-state index contributed by atoms with van der Waals surface area (Å²) in [6, 6.07) is 10.2. The van der Waals surface area contributed by atoms with E-state index in [1.54, 1.807) is 0 Å². The van der Waals surface area contributed by atoms with Gasteiger partial charge in [0.1, 0.15) is 0 Å². The van der Waals surface area contributed by atoms with Crippen molar-refractivity contribution in [3.8, 4) is 0 Å². The average Bonchev–Trinajstić information content (AvgIpc) is 2.43. The number of rotatable bonds is 1. The van der Waals surface area contributed by atoms with Crippen LogP contribution in [0.2, 0.25) is 0 Å². The summed E-state index contributed by atoms with van der Waals surface area (Å²) in [7, 11) is 0. The van der Waals surface area contributed by atoms with Gasteiger partial charge >= 0.3 is 0 Å². The van der Waals surface area contributed by atoms with Crippen LogP contribution in [0.5, 0.6) is 0 Å². The zero-order valence-corrected chi connectivity index (χ0v) is 11.6. The number of aliphatic hydroxyl groups is 1. The second-order valence-corrected chi connectivity index (χ2v) is 6.12. The Bertz CT molecular complexity index is 595. The molecule has 0 aliphatic heterocycles. The van der Waals surface area contributed by atoms with Gasteiger partial charge in [0.2, 0.25) is 0 Å². The van der Waals surface area contributed by atoms with Gasteiger partial charge in [-0.15, -0.1) is 0 Å². The number of hydrogen-bond acceptors (Lipinski definition) is 2. The van der Waals surface area contributed by atoms with E-state index < -0.39 is 5.60 Å². The first kappa shape index (κ1) is 12.6. The number of benzene rings is 1. The molecule has 1 N–H and O–H groups in total. The molecule has 3 rings (SSSR count). The third-order valence-corrected chi connectivity index (χ3v) is 4.68. The van der Waals surface area contributed by atoms with Crippen molar-refractivity contribution < 1.29 is 5.11 Å². The van der Waals surface area contributed by atoms with E-state index in [4.69, 9.17) is 0 Å². The van der Waals surface area contributed by atoms with Crippen LogP contribution in [0, 0.1) is 11.8 Å². The molecule has 3 unspecified atom stereocenters. The summed E-state index contributed by atoms with van der Waals surface area (Å²) in [5.41, 5.74) is 1.26. The highest BCUT2D eigenvalue weighted by molar-refractivity contribution is 5.78. The van der Waals surface area contributed by atoms with E-state index in [1.807, 2.05) is 24.4 Å². The minimum absolute atomic E-state index is 0.291. The van der Waals surface area contributed by atoms with Gasteiger partial charge in [0.15, 0.2) is 0 Å². The van der Waals surface area contributed by atoms with Gasteiger partial charge in [-0.05, 0) is 43.2 Å². The molecule has 0 amide bonds. The molecule has 1 aromatic carbocycles. The SMILES string of the molecule is CC1CCC(O)(c2cnc3ccccc3c2)C(C)C1. The molecule has 100 valence electrons. The first-order valence-corrected chi connectivity index (χ1v) is 7.17. The van der Waals surface area contributed by atoms with Crippen LogP contribution in [0.1, 0.15) is 38.7 Å². The molecule has 2 aromatic rings. The number of para-hydroxylation sites is 1. The standard InChI is InChI=1S/C17H21NO/c1-12-7-8-17(19,13(2)9-12)15-10-14-5-3-4-6-16(14)18-11-15/h3-6,10-13,19H,7-9H2,1-2H3. The lowest BCUT2D eigenvalue weighted by molar-refractivity contribution is -0.0589. The molecule has 2 nitrogen and oxygen atoms in total. The zero-order chi connectivity index (χ0) is 13.5. The number of fused-ring (bicyclic) bond motifs is 1. The summed E-state index contributed by atoms with van der Waals surface area (Å²) in [4.78, 5) is 4.50. The molecule has 1 saturated carbocycles. The van der Waals surface area contributed by atoms with E-state index in [9.17, 15) is 5.11 Å². The lowest BCUT2D eigenvalue weighted by atomic mass is 9.69.